The number of piperidine rings is 1. The van der Waals surface area contributed by atoms with E-state index >= 15 is 0 Å². The summed E-state index contributed by atoms with van der Waals surface area (Å²) in [4.78, 5) is 14.3. The summed E-state index contributed by atoms with van der Waals surface area (Å²) >= 11 is 0. The van der Waals surface area contributed by atoms with E-state index in [0.717, 1.165) is 32.0 Å². The van der Waals surface area contributed by atoms with Gasteiger partial charge in [-0.15, -0.1) is 0 Å². The third kappa shape index (κ3) is 3.25. The van der Waals surface area contributed by atoms with Crippen molar-refractivity contribution in [3.63, 3.8) is 0 Å². The molecular weight excluding hydrogens is 224 g/mol. The van der Waals surface area contributed by atoms with Crippen LogP contribution in [0.1, 0.15) is 52.4 Å². The Morgan fingerprint density at radius 1 is 1.28 bits per heavy atom. The molecule has 0 spiro atoms. The largest absolute Gasteiger partial charge is 0.341 e. The minimum atomic E-state index is 0.240. The highest BCUT2D eigenvalue weighted by molar-refractivity contribution is 5.79. The second-order valence-electron chi connectivity index (χ2n) is 6.04. The van der Waals surface area contributed by atoms with Gasteiger partial charge in [-0.3, -0.25) is 4.79 Å². The van der Waals surface area contributed by atoms with Gasteiger partial charge in [0, 0.05) is 25.0 Å². The smallest absolute Gasteiger partial charge is 0.225 e. The standard InChI is InChI=1S/C15H28N2O/c1-3-16-14(13-8-4-5-9-13)11-17-10-6-7-12(2)15(17)18/h12-14,16H,3-11H2,1-2H3. The zero-order valence-corrected chi connectivity index (χ0v) is 12.0. The number of carbonyl (C=O) groups is 1. The Hall–Kier alpha value is -0.570. The number of amides is 1. The molecule has 104 valence electrons. The summed E-state index contributed by atoms with van der Waals surface area (Å²) in [5.41, 5.74) is 0. The van der Waals surface area contributed by atoms with Gasteiger partial charge >= 0.3 is 0 Å². The molecule has 0 radical (unpaired) electrons. The first-order chi connectivity index (χ1) is 8.72. The van der Waals surface area contributed by atoms with Crippen LogP contribution in [0.2, 0.25) is 0 Å². The van der Waals surface area contributed by atoms with Crippen molar-refractivity contribution in [1.29, 1.82) is 0 Å². The topological polar surface area (TPSA) is 32.3 Å². The van der Waals surface area contributed by atoms with Crippen LogP contribution in [0.15, 0.2) is 0 Å². The Bertz CT molecular complexity index is 274. The summed E-state index contributed by atoms with van der Waals surface area (Å²) in [7, 11) is 0. The van der Waals surface area contributed by atoms with Gasteiger partial charge in [0.2, 0.25) is 5.91 Å². The van der Waals surface area contributed by atoms with Crippen molar-refractivity contribution >= 4 is 5.91 Å². The number of nitrogens with zero attached hydrogens (tertiary/aromatic N) is 1. The van der Waals surface area contributed by atoms with E-state index in [1.807, 2.05) is 0 Å². The molecule has 1 N–H and O–H groups in total. The second kappa shape index (κ2) is 6.55. The minimum absolute atomic E-state index is 0.240. The van der Waals surface area contributed by atoms with Gasteiger partial charge in [-0.05, 0) is 38.1 Å². The lowest BCUT2D eigenvalue weighted by atomic mass is 9.94. The first-order valence-electron chi connectivity index (χ1n) is 7.74. The first kappa shape index (κ1) is 13.9. The van der Waals surface area contributed by atoms with Gasteiger partial charge in [-0.2, -0.15) is 0 Å². The fourth-order valence-corrected chi connectivity index (χ4v) is 3.55. The quantitative estimate of drug-likeness (QED) is 0.815. The molecule has 1 aliphatic heterocycles. The molecule has 2 rings (SSSR count). The van der Waals surface area contributed by atoms with Crippen LogP contribution in [0.3, 0.4) is 0 Å². The Kier molecular flexibility index (Phi) is 5.04. The Morgan fingerprint density at radius 2 is 2.00 bits per heavy atom. The van der Waals surface area contributed by atoms with Gasteiger partial charge < -0.3 is 10.2 Å². The minimum Gasteiger partial charge on any atom is -0.341 e. The molecule has 2 aliphatic rings. The summed E-state index contributed by atoms with van der Waals surface area (Å²) in [5, 5.41) is 3.61. The molecule has 2 fully saturated rings. The number of hydrogen-bond donors (Lipinski definition) is 1. The number of rotatable bonds is 5. The maximum Gasteiger partial charge on any atom is 0.225 e. The molecule has 0 aromatic heterocycles. The molecule has 1 amide bonds. The van der Waals surface area contributed by atoms with Crippen molar-refractivity contribution in [1.82, 2.24) is 10.2 Å². The van der Waals surface area contributed by atoms with Gasteiger partial charge in [0.15, 0.2) is 0 Å². The van der Waals surface area contributed by atoms with Gasteiger partial charge in [0.05, 0.1) is 0 Å². The normalized spacial score (nSPS) is 27.8. The molecule has 1 saturated carbocycles. The highest BCUT2D eigenvalue weighted by Crippen LogP contribution is 2.29. The Labute approximate surface area is 111 Å². The summed E-state index contributed by atoms with van der Waals surface area (Å²) < 4.78 is 0. The number of nitrogens with one attached hydrogen (secondary N) is 1. The summed E-state index contributed by atoms with van der Waals surface area (Å²) in [5.74, 6) is 1.40. The lowest BCUT2D eigenvalue weighted by Gasteiger charge is -2.35. The molecule has 1 saturated heterocycles. The average Bonchev–Trinajstić information content (AvgIpc) is 2.88. The summed E-state index contributed by atoms with van der Waals surface area (Å²) in [6.07, 6.45) is 7.68. The fraction of sp³-hybridized carbons (Fsp3) is 0.933. The van der Waals surface area contributed by atoms with Crippen LogP contribution < -0.4 is 5.32 Å². The van der Waals surface area contributed by atoms with E-state index in [1.165, 1.54) is 32.1 Å². The molecule has 2 atom stereocenters. The zero-order valence-electron chi connectivity index (χ0n) is 12.0. The monoisotopic (exact) mass is 252 g/mol. The van der Waals surface area contributed by atoms with Crippen molar-refractivity contribution < 1.29 is 4.79 Å². The Morgan fingerprint density at radius 3 is 2.67 bits per heavy atom. The molecule has 1 heterocycles. The predicted octanol–water partition coefficient (Wildman–Crippen LogP) is 2.41. The highest BCUT2D eigenvalue weighted by Gasteiger charge is 2.30. The average molecular weight is 252 g/mol. The van der Waals surface area contributed by atoms with Crippen molar-refractivity contribution in [3.8, 4) is 0 Å². The maximum atomic E-state index is 12.2. The van der Waals surface area contributed by atoms with Gasteiger partial charge in [-0.25, -0.2) is 0 Å². The predicted molar refractivity (Wildman–Crippen MR) is 74.4 cm³/mol. The molecule has 3 heteroatoms. The van der Waals surface area contributed by atoms with Crippen molar-refractivity contribution in [3.05, 3.63) is 0 Å². The van der Waals surface area contributed by atoms with Crippen LogP contribution in [0.5, 0.6) is 0 Å². The van der Waals surface area contributed by atoms with Crippen molar-refractivity contribution in [2.24, 2.45) is 11.8 Å². The lowest BCUT2D eigenvalue weighted by Crippen LogP contribution is -2.50. The number of likely N-dealkylation sites (tertiary alicyclic amines) is 1. The SMILES string of the molecule is CCNC(CN1CCCC(C)C1=O)C1CCCC1. The highest BCUT2D eigenvalue weighted by atomic mass is 16.2. The Balaban J connectivity index is 1.92. The lowest BCUT2D eigenvalue weighted by molar-refractivity contribution is -0.138. The van der Waals surface area contributed by atoms with Crippen LogP contribution >= 0.6 is 0 Å². The molecule has 18 heavy (non-hydrogen) atoms. The number of likely N-dealkylation sites (N-methyl/N-ethyl adjacent to an activating group) is 1. The van der Waals surface area contributed by atoms with Gasteiger partial charge in [0.1, 0.15) is 0 Å². The fourth-order valence-electron chi connectivity index (χ4n) is 3.55. The van der Waals surface area contributed by atoms with E-state index in [9.17, 15) is 4.79 Å². The van der Waals surface area contributed by atoms with Crippen LogP contribution in [-0.2, 0) is 4.79 Å². The maximum absolute atomic E-state index is 12.2. The number of hydrogen-bond acceptors (Lipinski definition) is 2. The molecule has 0 bridgehead atoms. The summed E-state index contributed by atoms with van der Waals surface area (Å²) in [6, 6.07) is 0.520. The molecule has 3 nitrogen and oxygen atoms in total. The zero-order chi connectivity index (χ0) is 13.0. The van der Waals surface area contributed by atoms with Crippen LogP contribution in [0, 0.1) is 11.8 Å². The van der Waals surface area contributed by atoms with E-state index in [2.05, 4.69) is 24.1 Å². The van der Waals surface area contributed by atoms with E-state index < -0.39 is 0 Å². The van der Waals surface area contributed by atoms with Crippen molar-refractivity contribution in [2.45, 2.75) is 58.4 Å². The molecule has 0 aromatic carbocycles. The van der Waals surface area contributed by atoms with Crippen LogP contribution in [0.4, 0.5) is 0 Å². The molecule has 1 aliphatic carbocycles. The van der Waals surface area contributed by atoms with Crippen LogP contribution in [0.25, 0.3) is 0 Å². The van der Waals surface area contributed by atoms with E-state index in [-0.39, 0.29) is 5.92 Å². The van der Waals surface area contributed by atoms with Crippen LogP contribution in [-0.4, -0.2) is 36.5 Å². The third-order valence-corrected chi connectivity index (χ3v) is 4.65. The van der Waals surface area contributed by atoms with Gasteiger partial charge in [0.25, 0.3) is 0 Å². The van der Waals surface area contributed by atoms with E-state index in [0.29, 0.717) is 11.9 Å². The third-order valence-electron chi connectivity index (χ3n) is 4.65. The molecule has 0 aromatic rings. The van der Waals surface area contributed by atoms with E-state index in [1.54, 1.807) is 0 Å². The van der Waals surface area contributed by atoms with E-state index in [4.69, 9.17) is 0 Å². The number of carbonyl (C=O) groups excluding carboxylic acids is 1. The first-order valence-corrected chi connectivity index (χ1v) is 7.74. The summed E-state index contributed by atoms with van der Waals surface area (Å²) in [6.45, 7) is 7.16. The van der Waals surface area contributed by atoms with Gasteiger partial charge in [-0.1, -0.05) is 26.7 Å². The molecule has 2 unspecified atom stereocenters. The second-order valence-corrected chi connectivity index (χ2v) is 6.04. The molecular formula is C15H28N2O. The van der Waals surface area contributed by atoms with Crippen molar-refractivity contribution in [2.75, 3.05) is 19.6 Å².